The largest absolute Gasteiger partial charge is 0.433 e. The number of amides is 1. The molecular formula is C21H21F3N4O. The van der Waals surface area contributed by atoms with Crippen LogP contribution in [0.15, 0.2) is 42.5 Å². The van der Waals surface area contributed by atoms with E-state index in [1.54, 1.807) is 35.2 Å². The Morgan fingerprint density at radius 2 is 1.86 bits per heavy atom. The lowest BCUT2D eigenvalue weighted by molar-refractivity contribution is -0.142. The van der Waals surface area contributed by atoms with Gasteiger partial charge in [0.2, 0.25) is 0 Å². The van der Waals surface area contributed by atoms with Crippen molar-refractivity contribution in [3.8, 4) is 11.3 Å². The van der Waals surface area contributed by atoms with Crippen molar-refractivity contribution < 1.29 is 18.0 Å². The van der Waals surface area contributed by atoms with Crippen LogP contribution in [0, 0.1) is 5.92 Å². The molecule has 1 saturated heterocycles. The molecule has 0 radical (unpaired) electrons. The van der Waals surface area contributed by atoms with Crippen molar-refractivity contribution in [3.63, 3.8) is 0 Å². The van der Waals surface area contributed by atoms with Gasteiger partial charge in [0.05, 0.1) is 5.69 Å². The molecule has 2 atom stereocenters. The Bertz CT molecular complexity index is 1050. The summed E-state index contributed by atoms with van der Waals surface area (Å²) in [5.41, 5.74) is -0.229. The number of aromatic nitrogens is 3. The second-order valence-corrected chi connectivity index (χ2v) is 7.67. The Labute approximate surface area is 166 Å². The second kappa shape index (κ2) is 7.17. The van der Waals surface area contributed by atoms with E-state index in [2.05, 4.69) is 17.0 Å². The van der Waals surface area contributed by atoms with Gasteiger partial charge in [0.1, 0.15) is 0 Å². The van der Waals surface area contributed by atoms with E-state index in [0.717, 1.165) is 23.4 Å². The number of alkyl halides is 3. The van der Waals surface area contributed by atoms with E-state index in [-0.39, 0.29) is 29.0 Å². The quantitative estimate of drug-likeness (QED) is 0.626. The topological polar surface area (TPSA) is 50.5 Å². The van der Waals surface area contributed by atoms with Crippen molar-refractivity contribution in [1.82, 2.24) is 19.5 Å². The molecule has 2 aromatic heterocycles. The van der Waals surface area contributed by atoms with Gasteiger partial charge in [-0.25, -0.2) is 9.50 Å². The van der Waals surface area contributed by atoms with E-state index in [4.69, 9.17) is 0 Å². The third-order valence-corrected chi connectivity index (χ3v) is 5.41. The van der Waals surface area contributed by atoms with E-state index in [0.29, 0.717) is 18.0 Å². The summed E-state index contributed by atoms with van der Waals surface area (Å²) in [7, 11) is 0. The minimum atomic E-state index is -4.63. The molecule has 1 aliphatic rings. The molecule has 152 valence electrons. The fraction of sp³-hybridized carbons (Fsp3) is 0.381. The minimum absolute atomic E-state index is 0.0000543. The number of fused-ring (bicyclic) bond motifs is 1. The SMILES string of the molecule is CC1CCN(C(=O)c2cc3nc(-c4ccccc4)cc(C(F)(F)F)n3n2)C(C)C1. The first-order valence-electron chi connectivity index (χ1n) is 9.58. The lowest BCUT2D eigenvalue weighted by Crippen LogP contribution is -2.44. The predicted octanol–water partition coefficient (Wildman–Crippen LogP) is 4.68. The fourth-order valence-electron chi connectivity index (χ4n) is 3.89. The van der Waals surface area contributed by atoms with Crippen molar-refractivity contribution in [1.29, 1.82) is 0 Å². The third kappa shape index (κ3) is 3.71. The van der Waals surface area contributed by atoms with Crippen LogP contribution in [0.5, 0.6) is 0 Å². The van der Waals surface area contributed by atoms with Crippen LogP contribution in [-0.2, 0) is 6.18 Å². The number of hydrogen-bond donors (Lipinski definition) is 0. The van der Waals surface area contributed by atoms with Crippen LogP contribution in [0.2, 0.25) is 0 Å². The third-order valence-electron chi connectivity index (χ3n) is 5.41. The smallest absolute Gasteiger partial charge is 0.335 e. The molecule has 8 heteroatoms. The van der Waals surface area contributed by atoms with Gasteiger partial charge in [-0.3, -0.25) is 4.79 Å². The Kier molecular flexibility index (Phi) is 4.80. The maximum atomic E-state index is 13.7. The highest BCUT2D eigenvalue weighted by Gasteiger charge is 2.36. The zero-order valence-electron chi connectivity index (χ0n) is 16.1. The van der Waals surface area contributed by atoms with Crippen LogP contribution >= 0.6 is 0 Å². The highest BCUT2D eigenvalue weighted by Crippen LogP contribution is 2.32. The number of carbonyl (C=O) groups excluding carboxylic acids is 1. The summed E-state index contributed by atoms with van der Waals surface area (Å²) < 4.78 is 41.8. The predicted molar refractivity (Wildman–Crippen MR) is 102 cm³/mol. The molecule has 1 fully saturated rings. The van der Waals surface area contributed by atoms with Crippen LogP contribution < -0.4 is 0 Å². The number of carbonyl (C=O) groups is 1. The maximum absolute atomic E-state index is 13.7. The fourth-order valence-corrected chi connectivity index (χ4v) is 3.89. The summed E-state index contributed by atoms with van der Waals surface area (Å²) >= 11 is 0. The Hall–Kier alpha value is -2.90. The molecule has 0 aliphatic carbocycles. The summed E-state index contributed by atoms with van der Waals surface area (Å²) in [6, 6.07) is 11.0. The molecule has 29 heavy (non-hydrogen) atoms. The zero-order chi connectivity index (χ0) is 20.8. The van der Waals surface area contributed by atoms with Crippen molar-refractivity contribution in [2.24, 2.45) is 5.92 Å². The molecule has 2 unspecified atom stereocenters. The van der Waals surface area contributed by atoms with Crippen LogP contribution in [0.3, 0.4) is 0 Å². The summed E-state index contributed by atoms with van der Waals surface area (Å²) in [6.07, 6.45) is -2.90. The first-order chi connectivity index (χ1) is 13.7. The number of likely N-dealkylation sites (tertiary alicyclic amines) is 1. The van der Waals surface area contributed by atoms with Gasteiger partial charge in [0.25, 0.3) is 5.91 Å². The van der Waals surface area contributed by atoms with Crippen molar-refractivity contribution in [2.45, 2.75) is 38.9 Å². The first-order valence-corrected chi connectivity index (χ1v) is 9.58. The highest BCUT2D eigenvalue weighted by molar-refractivity contribution is 5.93. The van der Waals surface area contributed by atoms with Gasteiger partial charge < -0.3 is 4.90 Å². The first kappa shape index (κ1) is 19.4. The van der Waals surface area contributed by atoms with E-state index in [1.807, 2.05) is 6.92 Å². The maximum Gasteiger partial charge on any atom is 0.433 e. The number of rotatable bonds is 2. The zero-order valence-corrected chi connectivity index (χ0v) is 16.1. The minimum Gasteiger partial charge on any atom is -0.335 e. The molecule has 3 heterocycles. The Morgan fingerprint density at radius 3 is 2.52 bits per heavy atom. The molecule has 4 rings (SSSR count). The van der Waals surface area contributed by atoms with Gasteiger partial charge in [-0.15, -0.1) is 0 Å². The van der Waals surface area contributed by atoms with Crippen LogP contribution in [0.1, 0.15) is 42.9 Å². The van der Waals surface area contributed by atoms with Crippen molar-refractivity contribution in [2.75, 3.05) is 6.54 Å². The lowest BCUT2D eigenvalue weighted by atomic mass is 9.93. The van der Waals surface area contributed by atoms with Crippen molar-refractivity contribution in [3.05, 3.63) is 53.9 Å². The van der Waals surface area contributed by atoms with Crippen LogP contribution in [-0.4, -0.2) is 38.0 Å². The molecule has 0 N–H and O–H groups in total. The standard InChI is InChI=1S/C21H21F3N4O/c1-13-8-9-27(14(2)10-13)20(29)17-12-19-25-16(15-6-4-3-5-7-15)11-18(21(22,23)24)28(19)26-17/h3-7,11-14H,8-10H2,1-2H3. The number of benzene rings is 1. The number of piperidine rings is 1. The van der Waals surface area contributed by atoms with E-state index in [1.165, 1.54) is 6.07 Å². The van der Waals surface area contributed by atoms with E-state index < -0.39 is 11.9 Å². The normalized spacial score (nSPS) is 20.2. The summed E-state index contributed by atoms with van der Waals surface area (Å²) in [4.78, 5) is 19.0. The van der Waals surface area contributed by atoms with Crippen molar-refractivity contribution >= 4 is 11.6 Å². The molecular weight excluding hydrogens is 381 g/mol. The van der Waals surface area contributed by atoms with Gasteiger partial charge in [-0.05, 0) is 31.7 Å². The van der Waals surface area contributed by atoms with Gasteiger partial charge in [-0.1, -0.05) is 37.3 Å². The molecule has 0 saturated carbocycles. The monoisotopic (exact) mass is 402 g/mol. The lowest BCUT2D eigenvalue weighted by Gasteiger charge is -2.36. The molecule has 0 bridgehead atoms. The number of nitrogens with zero attached hydrogens (tertiary/aromatic N) is 4. The number of halogens is 3. The van der Waals surface area contributed by atoms with Crippen LogP contribution in [0.25, 0.3) is 16.9 Å². The molecule has 3 aromatic rings. The average Bonchev–Trinajstić information content (AvgIpc) is 3.10. The number of hydrogen-bond acceptors (Lipinski definition) is 3. The molecule has 1 amide bonds. The summed E-state index contributed by atoms with van der Waals surface area (Å²) in [5, 5.41) is 3.99. The summed E-state index contributed by atoms with van der Waals surface area (Å²) in [6.45, 7) is 4.66. The van der Waals surface area contributed by atoms with E-state index in [9.17, 15) is 18.0 Å². The van der Waals surface area contributed by atoms with Gasteiger partial charge in [0.15, 0.2) is 17.0 Å². The van der Waals surface area contributed by atoms with E-state index >= 15 is 0 Å². The molecule has 1 aromatic carbocycles. The Morgan fingerprint density at radius 1 is 1.14 bits per heavy atom. The van der Waals surface area contributed by atoms with Gasteiger partial charge in [-0.2, -0.15) is 18.3 Å². The average molecular weight is 402 g/mol. The second-order valence-electron chi connectivity index (χ2n) is 7.67. The Balaban J connectivity index is 1.79. The molecule has 1 aliphatic heterocycles. The van der Waals surface area contributed by atoms with Gasteiger partial charge >= 0.3 is 6.18 Å². The molecule has 0 spiro atoms. The van der Waals surface area contributed by atoms with Gasteiger partial charge in [0, 0.05) is 24.2 Å². The van der Waals surface area contributed by atoms with Crippen LogP contribution in [0.4, 0.5) is 13.2 Å². The summed E-state index contributed by atoms with van der Waals surface area (Å²) in [5.74, 6) is 0.159. The molecule has 5 nitrogen and oxygen atoms in total. The highest BCUT2D eigenvalue weighted by atomic mass is 19.4.